The van der Waals surface area contributed by atoms with E-state index < -0.39 is 0 Å². The molecule has 22 heavy (non-hydrogen) atoms. The van der Waals surface area contributed by atoms with Crippen molar-refractivity contribution in [3.05, 3.63) is 57.9 Å². The van der Waals surface area contributed by atoms with Crippen molar-refractivity contribution in [2.75, 3.05) is 0 Å². The van der Waals surface area contributed by atoms with Gasteiger partial charge in [0.2, 0.25) is 5.91 Å². The third kappa shape index (κ3) is 3.07. The van der Waals surface area contributed by atoms with Gasteiger partial charge in [-0.3, -0.25) is 9.48 Å². The lowest BCUT2D eigenvalue weighted by Crippen LogP contribution is -2.22. The minimum absolute atomic E-state index is 0.132. The Balaban J connectivity index is 1.63. The summed E-state index contributed by atoms with van der Waals surface area (Å²) in [6.45, 7) is 0.504. The Labute approximate surface area is 134 Å². The second-order valence-electron chi connectivity index (χ2n) is 5.42. The summed E-state index contributed by atoms with van der Waals surface area (Å²) < 4.78 is 1.88. The van der Waals surface area contributed by atoms with Crippen molar-refractivity contribution in [1.82, 2.24) is 15.1 Å². The van der Waals surface area contributed by atoms with Crippen molar-refractivity contribution in [2.24, 2.45) is 7.05 Å². The molecular weight excluding hydrogens is 298 g/mol. The first-order chi connectivity index (χ1) is 10.6. The van der Waals surface area contributed by atoms with E-state index in [2.05, 4.69) is 10.4 Å². The number of amides is 1. The number of rotatable bonds is 4. The molecule has 0 saturated heterocycles. The van der Waals surface area contributed by atoms with Gasteiger partial charge in [-0.15, -0.1) is 0 Å². The van der Waals surface area contributed by atoms with E-state index in [4.69, 9.17) is 11.6 Å². The number of halogens is 1. The summed E-state index contributed by atoms with van der Waals surface area (Å²) in [5, 5.41) is 8.06. The Morgan fingerprint density at radius 2 is 2.23 bits per heavy atom. The lowest BCUT2D eigenvalue weighted by molar-refractivity contribution is -0.116. The van der Waals surface area contributed by atoms with Gasteiger partial charge in [-0.1, -0.05) is 29.8 Å². The van der Waals surface area contributed by atoms with Gasteiger partial charge in [0.25, 0.3) is 0 Å². The van der Waals surface area contributed by atoms with Crippen molar-refractivity contribution in [3.8, 4) is 0 Å². The third-order valence-corrected chi connectivity index (χ3v) is 4.29. The Kier molecular flexibility index (Phi) is 4.29. The maximum Gasteiger partial charge on any atom is 0.244 e. The molecule has 2 aromatic rings. The van der Waals surface area contributed by atoms with Gasteiger partial charge < -0.3 is 5.32 Å². The Morgan fingerprint density at radius 3 is 3.05 bits per heavy atom. The zero-order valence-electron chi connectivity index (χ0n) is 12.5. The molecule has 1 aliphatic carbocycles. The fourth-order valence-corrected chi connectivity index (χ4v) is 3.01. The number of aryl methyl sites for hydroxylation is 2. The van der Waals surface area contributed by atoms with Crippen LogP contribution in [-0.4, -0.2) is 15.7 Å². The standard InChI is InChI=1S/C17H18ClN3O/c1-21-16(13-6-4-8-15(13)20-21)11-19-17(22)10-9-12-5-2-3-7-14(12)18/h2-3,5,7,9-10H,4,6,8,11H2,1H3,(H,19,22). The van der Waals surface area contributed by atoms with Crippen LogP contribution in [0.1, 0.15) is 28.9 Å². The number of nitrogens with zero attached hydrogens (tertiary/aromatic N) is 2. The molecule has 0 fully saturated rings. The average molecular weight is 316 g/mol. The molecule has 1 aliphatic rings. The molecule has 1 amide bonds. The zero-order chi connectivity index (χ0) is 15.5. The average Bonchev–Trinajstić information content (AvgIpc) is 3.05. The number of hydrogen-bond donors (Lipinski definition) is 1. The maximum absolute atomic E-state index is 12.0. The lowest BCUT2D eigenvalue weighted by atomic mass is 10.2. The fourth-order valence-electron chi connectivity index (χ4n) is 2.81. The predicted molar refractivity (Wildman–Crippen MR) is 87.6 cm³/mol. The van der Waals surface area contributed by atoms with Gasteiger partial charge in [-0.2, -0.15) is 5.10 Å². The smallest absolute Gasteiger partial charge is 0.244 e. The molecule has 1 N–H and O–H groups in total. The Bertz CT molecular complexity index is 734. The van der Waals surface area contributed by atoms with Crippen LogP contribution in [0, 0.1) is 0 Å². The van der Waals surface area contributed by atoms with Crippen LogP contribution in [0.3, 0.4) is 0 Å². The molecule has 0 aliphatic heterocycles. The first-order valence-electron chi connectivity index (χ1n) is 7.39. The maximum atomic E-state index is 12.0. The van der Waals surface area contributed by atoms with Gasteiger partial charge in [-0.05, 0) is 42.5 Å². The minimum atomic E-state index is -0.132. The number of benzene rings is 1. The molecule has 0 bridgehead atoms. The number of hydrogen-bond acceptors (Lipinski definition) is 2. The highest BCUT2D eigenvalue weighted by Gasteiger charge is 2.20. The monoisotopic (exact) mass is 315 g/mol. The van der Waals surface area contributed by atoms with Gasteiger partial charge in [-0.25, -0.2) is 0 Å². The summed E-state index contributed by atoms with van der Waals surface area (Å²) in [5.74, 6) is -0.132. The van der Waals surface area contributed by atoms with Crippen LogP contribution in [0.2, 0.25) is 5.02 Å². The molecule has 1 heterocycles. The number of fused-ring (bicyclic) bond motifs is 1. The quantitative estimate of drug-likeness (QED) is 0.882. The molecule has 4 nitrogen and oxygen atoms in total. The second kappa shape index (κ2) is 6.36. The SMILES string of the molecule is Cn1nc2c(c1CNC(=O)C=Cc1ccccc1Cl)CCC2. The fraction of sp³-hybridized carbons (Fsp3) is 0.294. The lowest BCUT2D eigenvalue weighted by Gasteiger charge is -2.05. The van der Waals surface area contributed by atoms with Crippen LogP contribution in [0.25, 0.3) is 6.08 Å². The van der Waals surface area contributed by atoms with Crippen LogP contribution in [0.15, 0.2) is 30.3 Å². The molecule has 0 atom stereocenters. The summed E-state index contributed by atoms with van der Waals surface area (Å²) in [6.07, 6.45) is 6.50. The second-order valence-corrected chi connectivity index (χ2v) is 5.83. The molecule has 0 unspecified atom stereocenters. The van der Waals surface area contributed by atoms with Crippen molar-refractivity contribution in [3.63, 3.8) is 0 Å². The van der Waals surface area contributed by atoms with Crippen LogP contribution >= 0.6 is 11.6 Å². The normalized spacial score (nSPS) is 13.5. The van der Waals surface area contributed by atoms with E-state index >= 15 is 0 Å². The van der Waals surface area contributed by atoms with E-state index in [1.807, 2.05) is 29.9 Å². The zero-order valence-corrected chi connectivity index (χ0v) is 13.2. The molecular formula is C17H18ClN3O. The van der Waals surface area contributed by atoms with Crippen LogP contribution in [0.4, 0.5) is 0 Å². The molecule has 0 radical (unpaired) electrons. The molecule has 1 aromatic heterocycles. The summed E-state index contributed by atoms with van der Waals surface area (Å²) in [5.41, 5.74) is 4.42. The van der Waals surface area contributed by atoms with Gasteiger partial charge in [0.05, 0.1) is 17.9 Å². The van der Waals surface area contributed by atoms with Crippen molar-refractivity contribution < 1.29 is 4.79 Å². The number of carbonyl (C=O) groups excluding carboxylic acids is 1. The molecule has 0 saturated carbocycles. The van der Waals surface area contributed by atoms with E-state index in [1.165, 1.54) is 17.3 Å². The highest BCUT2D eigenvalue weighted by Crippen LogP contribution is 2.24. The summed E-state index contributed by atoms with van der Waals surface area (Å²) in [4.78, 5) is 12.0. The summed E-state index contributed by atoms with van der Waals surface area (Å²) >= 11 is 6.06. The number of nitrogens with one attached hydrogen (secondary N) is 1. The molecule has 0 spiro atoms. The van der Waals surface area contributed by atoms with Gasteiger partial charge >= 0.3 is 0 Å². The van der Waals surface area contributed by atoms with Crippen molar-refractivity contribution in [2.45, 2.75) is 25.8 Å². The van der Waals surface area contributed by atoms with E-state index in [0.717, 1.165) is 30.5 Å². The van der Waals surface area contributed by atoms with Gasteiger partial charge in [0.1, 0.15) is 0 Å². The van der Waals surface area contributed by atoms with Gasteiger partial charge in [0.15, 0.2) is 0 Å². The van der Waals surface area contributed by atoms with Crippen LogP contribution < -0.4 is 5.32 Å². The molecule has 1 aromatic carbocycles. The first kappa shape index (κ1) is 14.9. The number of carbonyl (C=O) groups is 1. The highest BCUT2D eigenvalue weighted by molar-refractivity contribution is 6.32. The van der Waals surface area contributed by atoms with Crippen molar-refractivity contribution in [1.29, 1.82) is 0 Å². The van der Waals surface area contributed by atoms with E-state index in [1.54, 1.807) is 12.1 Å². The van der Waals surface area contributed by atoms with Crippen LogP contribution in [-0.2, 0) is 31.2 Å². The summed E-state index contributed by atoms with van der Waals surface area (Å²) in [7, 11) is 1.93. The van der Waals surface area contributed by atoms with Crippen LogP contribution in [0.5, 0.6) is 0 Å². The Morgan fingerprint density at radius 1 is 1.41 bits per heavy atom. The Hall–Kier alpha value is -2.07. The molecule has 5 heteroatoms. The molecule has 114 valence electrons. The van der Waals surface area contributed by atoms with E-state index in [-0.39, 0.29) is 5.91 Å². The topological polar surface area (TPSA) is 46.9 Å². The predicted octanol–water partition coefficient (Wildman–Crippen LogP) is 2.89. The van der Waals surface area contributed by atoms with Gasteiger partial charge in [0, 0.05) is 18.1 Å². The number of aromatic nitrogens is 2. The van der Waals surface area contributed by atoms with E-state index in [0.29, 0.717) is 11.6 Å². The molecule has 3 rings (SSSR count). The largest absolute Gasteiger partial charge is 0.347 e. The van der Waals surface area contributed by atoms with Crippen molar-refractivity contribution >= 4 is 23.6 Å². The highest BCUT2D eigenvalue weighted by atomic mass is 35.5. The minimum Gasteiger partial charge on any atom is -0.347 e. The summed E-state index contributed by atoms with van der Waals surface area (Å²) in [6, 6.07) is 7.43. The van der Waals surface area contributed by atoms with E-state index in [9.17, 15) is 4.79 Å². The third-order valence-electron chi connectivity index (χ3n) is 3.95. The first-order valence-corrected chi connectivity index (χ1v) is 7.77.